The molecule has 1 N–H and O–H groups in total. The van der Waals surface area contributed by atoms with Gasteiger partial charge in [-0.1, -0.05) is 19.9 Å². The smallest absolute Gasteiger partial charge is 0.123 e. The molecule has 1 aromatic carbocycles. The second-order valence-corrected chi connectivity index (χ2v) is 6.87. The minimum atomic E-state index is -0.122. The fraction of sp³-hybridized carbons (Fsp3) is 0.667. The lowest BCUT2D eigenvalue weighted by molar-refractivity contribution is 0.164. The van der Waals surface area contributed by atoms with Crippen molar-refractivity contribution < 1.29 is 4.39 Å². The molecule has 3 heteroatoms. The Morgan fingerprint density at radius 1 is 1.38 bits per heavy atom. The Hall–Kier alpha value is -0.930. The van der Waals surface area contributed by atoms with Crippen molar-refractivity contribution in [2.75, 3.05) is 26.2 Å². The van der Waals surface area contributed by atoms with Crippen molar-refractivity contribution in [2.24, 2.45) is 11.8 Å². The molecule has 1 aromatic rings. The number of rotatable bonds is 6. The van der Waals surface area contributed by atoms with E-state index in [4.69, 9.17) is 0 Å². The van der Waals surface area contributed by atoms with E-state index in [2.05, 4.69) is 31.0 Å². The van der Waals surface area contributed by atoms with Gasteiger partial charge in [0, 0.05) is 13.1 Å². The van der Waals surface area contributed by atoms with E-state index in [9.17, 15) is 4.39 Å². The minimum Gasteiger partial charge on any atom is -0.316 e. The number of nitrogens with one attached hydrogen (secondary N) is 1. The van der Waals surface area contributed by atoms with Crippen LogP contribution in [-0.4, -0.2) is 31.1 Å². The van der Waals surface area contributed by atoms with E-state index >= 15 is 0 Å². The normalized spacial score (nSPS) is 20.1. The zero-order valence-corrected chi connectivity index (χ0v) is 13.7. The molecule has 1 unspecified atom stereocenters. The highest BCUT2D eigenvalue weighted by Gasteiger charge is 2.20. The number of benzene rings is 1. The van der Waals surface area contributed by atoms with Crippen LogP contribution in [0.5, 0.6) is 0 Å². The largest absolute Gasteiger partial charge is 0.316 e. The van der Waals surface area contributed by atoms with Gasteiger partial charge in [-0.05, 0) is 74.5 Å². The van der Waals surface area contributed by atoms with Crippen LogP contribution < -0.4 is 5.32 Å². The fourth-order valence-corrected chi connectivity index (χ4v) is 3.09. The van der Waals surface area contributed by atoms with Crippen LogP contribution in [0.15, 0.2) is 18.2 Å². The van der Waals surface area contributed by atoms with Crippen LogP contribution in [0, 0.1) is 24.6 Å². The van der Waals surface area contributed by atoms with Crippen molar-refractivity contribution in [1.82, 2.24) is 10.2 Å². The predicted octanol–water partition coefficient (Wildman–Crippen LogP) is 3.59. The second kappa shape index (κ2) is 7.90. The topological polar surface area (TPSA) is 15.3 Å². The summed E-state index contributed by atoms with van der Waals surface area (Å²) in [4.78, 5) is 2.48. The number of halogens is 1. The van der Waals surface area contributed by atoms with E-state index in [-0.39, 0.29) is 5.82 Å². The zero-order chi connectivity index (χ0) is 15.2. The molecule has 1 fully saturated rings. The quantitative estimate of drug-likeness (QED) is 0.862. The Labute approximate surface area is 128 Å². The van der Waals surface area contributed by atoms with E-state index in [1.165, 1.54) is 18.4 Å². The summed E-state index contributed by atoms with van der Waals surface area (Å²) in [5.74, 6) is 1.31. The zero-order valence-electron chi connectivity index (χ0n) is 13.7. The molecule has 0 amide bonds. The maximum Gasteiger partial charge on any atom is 0.123 e. The van der Waals surface area contributed by atoms with Crippen molar-refractivity contribution in [3.63, 3.8) is 0 Å². The molecule has 1 aliphatic rings. The minimum absolute atomic E-state index is 0.122. The summed E-state index contributed by atoms with van der Waals surface area (Å²) in [6.07, 6.45) is 2.56. The molecule has 1 aliphatic heterocycles. The lowest BCUT2D eigenvalue weighted by Crippen LogP contribution is -2.39. The van der Waals surface area contributed by atoms with Crippen LogP contribution in [0.1, 0.15) is 37.8 Å². The number of hydrogen-bond donors (Lipinski definition) is 1. The maximum atomic E-state index is 13.4. The molecular formula is C18H29FN2. The summed E-state index contributed by atoms with van der Waals surface area (Å²) < 4.78 is 13.4. The van der Waals surface area contributed by atoms with E-state index in [1.54, 1.807) is 12.1 Å². The van der Waals surface area contributed by atoms with Gasteiger partial charge in [0.1, 0.15) is 5.82 Å². The molecule has 0 aromatic heterocycles. The van der Waals surface area contributed by atoms with Gasteiger partial charge in [0.25, 0.3) is 0 Å². The molecule has 1 saturated heterocycles. The van der Waals surface area contributed by atoms with Crippen LogP contribution in [0.25, 0.3) is 0 Å². The summed E-state index contributed by atoms with van der Waals surface area (Å²) in [7, 11) is 0. The fourth-order valence-electron chi connectivity index (χ4n) is 3.09. The van der Waals surface area contributed by atoms with Gasteiger partial charge in [-0.2, -0.15) is 0 Å². The third-order valence-corrected chi connectivity index (χ3v) is 4.29. The Balaban J connectivity index is 1.84. The first-order valence-corrected chi connectivity index (χ1v) is 8.22. The SMILES string of the molecule is Cc1ccc(F)cc1CN1CCCC(CNCC(C)C)C1. The van der Waals surface area contributed by atoms with E-state index in [0.29, 0.717) is 5.92 Å². The molecule has 1 atom stereocenters. The number of piperidine rings is 1. The Morgan fingerprint density at radius 3 is 2.95 bits per heavy atom. The monoisotopic (exact) mass is 292 g/mol. The second-order valence-electron chi connectivity index (χ2n) is 6.87. The molecule has 2 nitrogen and oxygen atoms in total. The lowest BCUT2D eigenvalue weighted by atomic mass is 9.97. The van der Waals surface area contributed by atoms with Crippen LogP contribution in [-0.2, 0) is 6.54 Å². The van der Waals surface area contributed by atoms with Crippen LogP contribution in [0.4, 0.5) is 4.39 Å². The van der Waals surface area contributed by atoms with Crippen LogP contribution >= 0.6 is 0 Å². The molecule has 0 radical (unpaired) electrons. The molecule has 0 saturated carbocycles. The lowest BCUT2D eigenvalue weighted by Gasteiger charge is -2.33. The van der Waals surface area contributed by atoms with Gasteiger partial charge < -0.3 is 5.32 Å². The summed E-state index contributed by atoms with van der Waals surface area (Å²) in [5, 5.41) is 3.57. The molecule has 21 heavy (non-hydrogen) atoms. The Bertz CT molecular complexity index is 445. The Morgan fingerprint density at radius 2 is 2.19 bits per heavy atom. The van der Waals surface area contributed by atoms with E-state index < -0.39 is 0 Å². The molecule has 0 bridgehead atoms. The van der Waals surface area contributed by atoms with E-state index in [0.717, 1.165) is 44.2 Å². The first-order valence-electron chi connectivity index (χ1n) is 8.22. The van der Waals surface area contributed by atoms with Crippen molar-refractivity contribution in [2.45, 2.75) is 40.2 Å². The third-order valence-electron chi connectivity index (χ3n) is 4.29. The highest BCUT2D eigenvalue weighted by Crippen LogP contribution is 2.20. The van der Waals surface area contributed by atoms with Crippen LogP contribution in [0.3, 0.4) is 0 Å². The number of aryl methyl sites for hydroxylation is 1. The summed E-state index contributed by atoms with van der Waals surface area (Å²) in [6.45, 7) is 11.9. The first kappa shape index (κ1) is 16.4. The molecular weight excluding hydrogens is 263 g/mol. The van der Waals surface area contributed by atoms with Gasteiger partial charge in [0.05, 0.1) is 0 Å². The standard InChI is InChI=1S/C18H29FN2/c1-14(2)10-20-11-16-5-4-8-21(12-16)13-17-9-18(19)7-6-15(17)3/h6-7,9,14,16,20H,4-5,8,10-13H2,1-3H3. The molecule has 0 aliphatic carbocycles. The number of nitrogens with zero attached hydrogens (tertiary/aromatic N) is 1. The van der Waals surface area contributed by atoms with Crippen LogP contribution in [0.2, 0.25) is 0 Å². The van der Waals surface area contributed by atoms with Gasteiger partial charge in [-0.3, -0.25) is 4.90 Å². The highest BCUT2D eigenvalue weighted by molar-refractivity contribution is 5.26. The molecule has 118 valence electrons. The summed E-state index contributed by atoms with van der Waals surface area (Å²) in [6, 6.07) is 5.12. The van der Waals surface area contributed by atoms with Crippen molar-refractivity contribution in [3.8, 4) is 0 Å². The van der Waals surface area contributed by atoms with Gasteiger partial charge in [-0.25, -0.2) is 4.39 Å². The summed E-state index contributed by atoms with van der Waals surface area (Å²) >= 11 is 0. The van der Waals surface area contributed by atoms with Gasteiger partial charge in [0.15, 0.2) is 0 Å². The van der Waals surface area contributed by atoms with E-state index in [1.807, 2.05) is 6.07 Å². The summed E-state index contributed by atoms with van der Waals surface area (Å²) in [5.41, 5.74) is 2.32. The van der Waals surface area contributed by atoms with Crippen molar-refractivity contribution >= 4 is 0 Å². The number of hydrogen-bond acceptors (Lipinski definition) is 2. The third kappa shape index (κ3) is 5.40. The first-order chi connectivity index (χ1) is 10.0. The average molecular weight is 292 g/mol. The molecule has 2 rings (SSSR count). The molecule has 1 heterocycles. The van der Waals surface area contributed by atoms with Crippen molar-refractivity contribution in [1.29, 1.82) is 0 Å². The van der Waals surface area contributed by atoms with Gasteiger partial charge in [0.2, 0.25) is 0 Å². The van der Waals surface area contributed by atoms with Gasteiger partial charge >= 0.3 is 0 Å². The van der Waals surface area contributed by atoms with Gasteiger partial charge in [-0.15, -0.1) is 0 Å². The maximum absolute atomic E-state index is 13.4. The van der Waals surface area contributed by atoms with Crippen molar-refractivity contribution in [3.05, 3.63) is 35.1 Å². The predicted molar refractivity (Wildman–Crippen MR) is 86.8 cm³/mol. The number of likely N-dealkylation sites (tertiary alicyclic amines) is 1. The highest BCUT2D eigenvalue weighted by atomic mass is 19.1. The Kier molecular flexibility index (Phi) is 6.19. The molecule has 0 spiro atoms. The average Bonchev–Trinajstić information content (AvgIpc) is 2.43.